The van der Waals surface area contributed by atoms with Gasteiger partial charge in [-0.25, -0.2) is 4.79 Å². The monoisotopic (exact) mass is 317 g/mol. The van der Waals surface area contributed by atoms with Crippen LogP contribution in [0.15, 0.2) is 30.5 Å². The van der Waals surface area contributed by atoms with Gasteiger partial charge in [0.15, 0.2) is 6.61 Å². The largest absolute Gasteiger partial charge is 0.484 e. The highest BCUT2D eigenvalue weighted by atomic mass is 16.5. The Bertz CT molecular complexity index is 709. The molecule has 0 saturated heterocycles. The molecule has 2 aromatic rings. The molecule has 1 amide bonds. The molecule has 1 N–H and O–H groups in total. The molecule has 1 aromatic carbocycles. The molecule has 1 aromatic heterocycles. The van der Waals surface area contributed by atoms with Crippen molar-refractivity contribution in [3.8, 4) is 5.75 Å². The van der Waals surface area contributed by atoms with Crippen LogP contribution in [-0.2, 0) is 16.6 Å². The van der Waals surface area contributed by atoms with Crippen LogP contribution >= 0.6 is 0 Å². The molecule has 0 saturated carbocycles. The second-order valence-corrected chi connectivity index (χ2v) is 4.90. The van der Waals surface area contributed by atoms with E-state index in [2.05, 4.69) is 10.4 Å². The maximum atomic E-state index is 12.0. The smallest absolute Gasteiger partial charge is 0.343 e. The van der Waals surface area contributed by atoms with E-state index in [4.69, 9.17) is 9.47 Å². The number of aromatic nitrogens is 2. The average Bonchev–Trinajstić information content (AvgIpc) is 2.87. The number of nitrogens with zero attached hydrogens (tertiary/aromatic N) is 2. The standard InChI is InChI=1S/C16H19N3O4/c1-4-22-16(21)13-9-17-19(3)15(13)18-14(20)10-23-12-7-5-6-11(2)8-12/h5-9H,4,10H2,1-3H3,(H,18,20). The number of anilines is 1. The average molecular weight is 317 g/mol. The van der Waals surface area contributed by atoms with E-state index >= 15 is 0 Å². The molecule has 23 heavy (non-hydrogen) atoms. The lowest BCUT2D eigenvalue weighted by molar-refractivity contribution is -0.118. The number of benzene rings is 1. The highest BCUT2D eigenvalue weighted by Gasteiger charge is 2.19. The zero-order valence-electron chi connectivity index (χ0n) is 13.3. The van der Waals surface area contributed by atoms with Crippen LogP contribution in [0.1, 0.15) is 22.8 Å². The van der Waals surface area contributed by atoms with Crippen molar-refractivity contribution in [2.45, 2.75) is 13.8 Å². The lowest BCUT2D eigenvalue weighted by Crippen LogP contribution is -2.23. The Labute approximate surface area is 134 Å². The van der Waals surface area contributed by atoms with Gasteiger partial charge in [0.2, 0.25) is 0 Å². The quantitative estimate of drug-likeness (QED) is 0.823. The first kappa shape index (κ1) is 16.5. The zero-order chi connectivity index (χ0) is 16.8. The summed E-state index contributed by atoms with van der Waals surface area (Å²) in [7, 11) is 1.62. The van der Waals surface area contributed by atoms with Crippen LogP contribution in [-0.4, -0.2) is 34.9 Å². The molecule has 0 bridgehead atoms. The van der Waals surface area contributed by atoms with Gasteiger partial charge < -0.3 is 14.8 Å². The van der Waals surface area contributed by atoms with Gasteiger partial charge in [-0.15, -0.1) is 0 Å². The summed E-state index contributed by atoms with van der Waals surface area (Å²) < 4.78 is 11.8. The molecule has 0 aliphatic heterocycles. The highest BCUT2D eigenvalue weighted by Crippen LogP contribution is 2.16. The number of aryl methyl sites for hydroxylation is 2. The fourth-order valence-electron chi connectivity index (χ4n) is 1.97. The van der Waals surface area contributed by atoms with Gasteiger partial charge in [0.05, 0.1) is 12.8 Å². The first-order valence-corrected chi connectivity index (χ1v) is 7.19. The van der Waals surface area contributed by atoms with Crippen molar-refractivity contribution in [1.82, 2.24) is 9.78 Å². The van der Waals surface area contributed by atoms with Crippen LogP contribution in [0.25, 0.3) is 0 Å². The molecule has 0 fully saturated rings. The van der Waals surface area contributed by atoms with E-state index in [1.165, 1.54) is 10.9 Å². The van der Waals surface area contributed by atoms with Gasteiger partial charge in [-0.3, -0.25) is 9.48 Å². The summed E-state index contributed by atoms with van der Waals surface area (Å²) in [5, 5.41) is 6.58. The molecular formula is C16H19N3O4. The van der Waals surface area contributed by atoms with Gasteiger partial charge in [-0.2, -0.15) is 5.10 Å². The number of hydrogen-bond donors (Lipinski definition) is 1. The Hall–Kier alpha value is -2.83. The normalized spacial score (nSPS) is 10.2. The summed E-state index contributed by atoms with van der Waals surface area (Å²) in [6, 6.07) is 7.40. The minimum absolute atomic E-state index is 0.170. The number of carbonyl (C=O) groups excluding carboxylic acids is 2. The molecule has 122 valence electrons. The van der Waals surface area contributed by atoms with Crippen LogP contribution in [0.5, 0.6) is 5.75 Å². The second-order valence-electron chi connectivity index (χ2n) is 4.90. The summed E-state index contributed by atoms with van der Waals surface area (Å²) in [6.07, 6.45) is 1.36. The van der Waals surface area contributed by atoms with E-state index < -0.39 is 5.97 Å². The van der Waals surface area contributed by atoms with Crippen LogP contribution in [0.3, 0.4) is 0 Å². The van der Waals surface area contributed by atoms with Gasteiger partial charge in [0.1, 0.15) is 17.1 Å². The van der Waals surface area contributed by atoms with Crippen LogP contribution in [0, 0.1) is 6.92 Å². The van der Waals surface area contributed by atoms with Gasteiger partial charge in [0.25, 0.3) is 5.91 Å². The Morgan fingerprint density at radius 2 is 2.13 bits per heavy atom. The lowest BCUT2D eigenvalue weighted by atomic mass is 10.2. The molecule has 1 heterocycles. The Morgan fingerprint density at radius 1 is 1.35 bits per heavy atom. The number of carbonyl (C=O) groups is 2. The topological polar surface area (TPSA) is 82.5 Å². The van der Waals surface area contributed by atoms with Crippen molar-refractivity contribution in [1.29, 1.82) is 0 Å². The summed E-state index contributed by atoms with van der Waals surface area (Å²) >= 11 is 0. The van der Waals surface area contributed by atoms with E-state index in [-0.39, 0.29) is 30.5 Å². The number of amides is 1. The predicted molar refractivity (Wildman–Crippen MR) is 84.5 cm³/mol. The first-order chi connectivity index (χ1) is 11.0. The van der Waals surface area contributed by atoms with E-state index in [0.29, 0.717) is 5.75 Å². The molecule has 0 aliphatic carbocycles. The Kier molecular flexibility index (Phi) is 5.35. The third-order valence-electron chi connectivity index (χ3n) is 3.05. The van der Waals surface area contributed by atoms with Crippen LogP contribution in [0.2, 0.25) is 0 Å². The molecule has 0 spiro atoms. The fraction of sp³-hybridized carbons (Fsp3) is 0.312. The number of hydrogen-bond acceptors (Lipinski definition) is 5. The van der Waals surface area contributed by atoms with Crippen molar-refractivity contribution in [3.05, 3.63) is 41.6 Å². The third kappa shape index (κ3) is 4.32. The molecule has 2 rings (SSSR count). The van der Waals surface area contributed by atoms with E-state index in [0.717, 1.165) is 5.56 Å². The maximum Gasteiger partial charge on any atom is 0.343 e. The molecule has 7 nitrogen and oxygen atoms in total. The molecular weight excluding hydrogens is 298 g/mol. The third-order valence-corrected chi connectivity index (χ3v) is 3.05. The van der Waals surface area contributed by atoms with Crippen molar-refractivity contribution in [3.63, 3.8) is 0 Å². The summed E-state index contributed by atoms with van der Waals surface area (Å²) in [5.41, 5.74) is 1.25. The van der Waals surface area contributed by atoms with E-state index in [9.17, 15) is 9.59 Å². The van der Waals surface area contributed by atoms with E-state index in [1.807, 2.05) is 25.1 Å². The maximum absolute atomic E-state index is 12.0. The number of rotatable bonds is 6. The zero-order valence-corrected chi connectivity index (χ0v) is 13.3. The SMILES string of the molecule is CCOC(=O)c1cnn(C)c1NC(=O)COc1cccc(C)c1. The second kappa shape index (κ2) is 7.44. The molecule has 0 radical (unpaired) electrons. The van der Waals surface area contributed by atoms with Crippen molar-refractivity contribution < 1.29 is 19.1 Å². The van der Waals surface area contributed by atoms with Crippen LogP contribution in [0.4, 0.5) is 5.82 Å². The van der Waals surface area contributed by atoms with Gasteiger partial charge in [0, 0.05) is 7.05 Å². The van der Waals surface area contributed by atoms with Crippen molar-refractivity contribution in [2.75, 3.05) is 18.5 Å². The first-order valence-electron chi connectivity index (χ1n) is 7.19. The highest BCUT2D eigenvalue weighted by molar-refractivity contribution is 6.00. The Morgan fingerprint density at radius 3 is 2.83 bits per heavy atom. The minimum atomic E-state index is -0.532. The van der Waals surface area contributed by atoms with E-state index in [1.54, 1.807) is 20.0 Å². The van der Waals surface area contributed by atoms with Gasteiger partial charge in [-0.1, -0.05) is 12.1 Å². The molecule has 0 unspecified atom stereocenters. The molecule has 0 atom stereocenters. The van der Waals surface area contributed by atoms with Gasteiger partial charge >= 0.3 is 5.97 Å². The summed E-state index contributed by atoms with van der Waals surface area (Å²) in [6.45, 7) is 3.73. The van der Waals surface area contributed by atoms with Crippen molar-refractivity contribution >= 4 is 17.7 Å². The Balaban J connectivity index is 2.00. The lowest BCUT2D eigenvalue weighted by Gasteiger charge is -2.09. The minimum Gasteiger partial charge on any atom is -0.484 e. The number of ether oxygens (including phenoxy) is 2. The predicted octanol–water partition coefficient (Wildman–Crippen LogP) is 1.92. The number of esters is 1. The fourth-order valence-corrected chi connectivity index (χ4v) is 1.97. The molecule has 7 heteroatoms. The van der Waals surface area contributed by atoms with Gasteiger partial charge in [-0.05, 0) is 31.5 Å². The summed E-state index contributed by atoms with van der Waals surface area (Å²) in [5.74, 6) is -0.0341. The molecule has 0 aliphatic rings. The summed E-state index contributed by atoms with van der Waals surface area (Å²) in [4.78, 5) is 23.8. The number of nitrogens with one attached hydrogen (secondary N) is 1. The van der Waals surface area contributed by atoms with Crippen LogP contribution < -0.4 is 10.1 Å². The van der Waals surface area contributed by atoms with Crippen molar-refractivity contribution in [2.24, 2.45) is 7.05 Å².